The van der Waals surface area contributed by atoms with Gasteiger partial charge in [-0.25, -0.2) is 0 Å². The third kappa shape index (κ3) is 6.93. The SMILES string of the molecule is CC(C)C1=C2C3CCC4C(C)(CCC5C(C)(C)C(OC(=O)CC(C)(C)C(=O)O)CCC54C)C3CCC2(CCN(CC2CC2)C(=O)CN2CCCC2)CC1=O. The van der Waals surface area contributed by atoms with Crippen molar-refractivity contribution in [3.8, 4) is 0 Å². The topological polar surface area (TPSA) is 104 Å². The van der Waals surface area contributed by atoms with Gasteiger partial charge in [0.1, 0.15) is 6.10 Å². The minimum atomic E-state index is -1.15. The van der Waals surface area contributed by atoms with Gasteiger partial charge >= 0.3 is 11.9 Å². The molecule has 1 amide bonds. The minimum Gasteiger partial charge on any atom is -0.481 e. The molecule has 8 unspecified atom stereocenters. The standard InChI is InChI=1S/C46H72N2O6/c1-29(2)39-33(49)25-46(21-24-48(27-30-11-12-30)37(50)28-47-22-9-10-23-47)20-15-32-31(40(39)46)13-14-35-44(32,7)18-16-34-43(5,6)36(17-19-45(34,35)8)54-38(51)26-42(3,4)41(52)53/h29-32,34-36H,9-28H2,1-8H3,(H,52,53). The molecular formula is C46H72N2O6. The van der Waals surface area contributed by atoms with E-state index >= 15 is 0 Å². The molecular weight excluding hydrogens is 677 g/mol. The van der Waals surface area contributed by atoms with Crippen LogP contribution in [0, 0.1) is 62.6 Å². The molecule has 54 heavy (non-hydrogen) atoms. The number of allylic oxidation sites excluding steroid dienone is 2. The molecule has 5 saturated carbocycles. The second-order valence-electron chi connectivity index (χ2n) is 21.6. The number of rotatable bonds is 12. The summed E-state index contributed by atoms with van der Waals surface area (Å²) in [6.07, 6.45) is 14.7. The Labute approximate surface area is 326 Å². The van der Waals surface area contributed by atoms with Gasteiger partial charge in [-0.2, -0.15) is 0 Å². The van der Waals surface area contributed by atoms with Gasteiger partial charge in [0.15, 0.2) is 5.78 Å². The van der Waals surface area contributed by atoms with Gasteiger partial charge in [-0.1, -0.05) is 47.1 Å². The molecule has 1 N–H and O–H groups in total. The lowest BCUT2D eigenvalue weighted by molar-refractivity contribution is -0.214. The molecule has 7 rings (SSSR count). The maximum Gasteiger partial charge on any atom is 0.309 e. The van der Waals surface area contributed by atoms with Gasteiger partial charge in [0.25, 0.3) is 0 Å². The van der Waals surface area contributed by atoms with E-state index in [-0.39, 0.29) is 40.1 Å². The summed E-state index contributed by atoms with van der Waals surface area (Å²) >= 11 is 0. The fourth-order valence-electron chi connectivity index (χ4n) is 14.1. The van der Waals surface area contributed by atoms with E-state index in [9.17, 15) is 24.3 Å². The summed E-state index contributed by atoms with van der Waals surface area (Å²) in [7, 11) is 0. The van der Waals surface area contributed by atoms with Crippen LogP contribution in [-0.4, -0.2) is 77.4 Å². The molecule has 0 aromatic rings. The maximum atomic E-state index is 14.1. The summed E-state index contributed by atoms with van der Waals surface area (Å²) in [5.74, 6) is 2.12. The number of aliphatic carboxylic acids is 1. The van der Waals surface area contributed by atoms with Crippen molar-refractivity contribution in [3.05, 3.63) is 11.1 Å². The van der Waals surface area contributed by atoms with Crippen LogP contribution in [0.3, 0.4) is 0 Å². The summed E-state index contributed by atoms with van der Waals surface area (Å²) in [6, 6.07) is 0. The largest absolute Gasteiger partial charge is 0.481 e. The lowest BCUT2D eigenvalue weighted by Crippen LogP contribution is -2.63. The van der Waals surface area contributed by atoms with Gasteiger partial charge in [0, 0.05) is 30.3 Å². The normalized spacial score (nSPS) is 37.7. The first-order valence-electron chi connectivity index (χ1n) is 22.0. The van der Waals surface area contributed by atoms with Crippen molar-refractivity contribution in [3.63, 3.8) is 0 Å². The number of carboxylic acid groups (broad SMARTS) is 1. The van der Waals surface area contributed by atoms with E-state index in [4.69, 9.17) is 4.74 Å². The Morgan fingerprint density at radius 1 is 0.907 bits per heavy atom. The number of hydrogen-bond donors (Lipinski definition) is 1. The first-order valence-corrected chi connectivity index (χ1v) is 22.0. The highest BCUT2D eigenvalue weighted by Gasteiger charge is 2.66. The summed E-state index contributed by atoms with van der Waals surface area (Å²) in [5, 5.41) is 9.62. The van der Waals surface area contributed by atoms with E-state index in [0.29, 0.717) is 54.2 Å². The van der Waals surface area contributed by atoms with Crippen molar-refractivity contribution in [2.75, 3.05) is 32.7 Å². The minimum absolute atomic E-state index is 0.114. The van der Waals surface area contributed by atoms with E-state index in [1.807, 2.05) is 0 Å². The molecule has 8 heteroatoms. The molecule has 0 aromatic heterocycles. The van der Waals surface area contributed by atoms with Gasteiger partial charge in [-0.15, -0.1) is 0 Å². The van der Waals surface area contributed by atoms with E-state index in [1.165, 1.54) is 37.7 Å². The number of carboxylic acids is 1. The van der Waals surface area contributed by atoms with Crippen LogP contribution in [0.4, 0.5) is 0 Å². The van der Waals surface area contributed by atoms with Crippen LogP contribution < -0.4 is 0 Å². The van der Waals surface area contributed by atoms with Crippen molar-refractivity contribution >= 4 is 23.6 Å². The van der Waals surface area contributed by atoms with E-state index in [0.717, 1.165) is 83.1 Å². The number of ketones is 1. The molecule has 7 aliphatic rings. The Balaban J connectivity index is 1.11. The number of fused-ring (bicyclic) bond motifs is 7. The average Bonchev–Trinajstić information content (AvgIpc) is 3.65. The van der Waals surface area contributed by atoms with Gasteiger partial charge in [-0.05, 0) is 162 Å². The summed E-state index contributed by atoms with van der Waals surface area (Å²) in [6.45, 7) is 21.7. The van der Waals surface area contributed by atoms with Crippen LogP contribution >= 0.6 is 0 Å². The van der Waals surface area contributed by atoms with Crippen molar-refractivity contribution in [1.29, 1.82) is 0 Å². The van der Waals surface area contributed by atoms with Gasteiger partial charge < -0.3 is 14.7 Å². The van der Waals surface area contributed by atoms with E-state index in [1.54, 1.807) is 13.8 Å². The fraction of sp³-hybridized carbons (Fsp3) is 0.870. The van der Waals surface area contributed by atoms with Crippen molar-refractivity contribution < 1.29 is 29.0 Å². The highest BCUT2D eigenvalue weighted by atomic mass is 16.5. The second-order valence-corrected chi connectivity index (χ2v) is 21.6. The number of likely N-dealkylation sites (tertiary alicyclic amines) is 1. The molecule has 1 heterocycles. The predicted molar refractivity (Wildman–Crippen MR) is 210 cm³/mol. The number of nitrogens with zero attached hydrogens (tertiary/aromatic N) is 2. The number of carbonyl (C=O) groups is 4. The summed E-state index contributed by atoms with van der Waals surface area (Å²) in [5.41, 5.74) is 1.48. The van der Waals surface area contributed by atoms with Crippen LogP contribution in [-0.2, 0) is 23.9 Å². The molecule has 6 fully saturated rings. The van der Waals surface area contributed by atoms with Crippen LogP contribution in [0.25, 0.3) is 0 Å². The molecule has 6 aliphatic carbocycles. The quantitative estimate of drug-likeness (QED) is 0.199. The number of ether oxygens (including phenoxy) is 1. The Bertz CT molecular complexity index is 1540. The molecule has 1 saturated heterocycles. The van der Waals surface area contributed by atoms with E-state index < -0.39 is 17.4 Å². The molecule has 1 aliphatic heterocycles. The third-order valence-electron chi connectivity index (χ3n) is 17.1. The number of carbonyl (C=O) groups excluding carboxylic acids is 3. The lowest BCUT2D eigenvalue weighted by Gasteiger charge is -2.69. The zero-order valence-electron chi connectivity index (χ0n) is 35.1. The Kier molecular flexibility index (Phi) is 10.6. The Morgan fingerprint density at radius 3 is 2.24 bits per heavy atom. The predicted octanol–water partition coefficient (Wildman–Crippen LogP) is 8.71. The highest BCUT2D eigenvalue weighted by Crippen LogP contribution is 2.73. The zero-order chi connectivity index (χ0) is 39.0. The van der Waals surface area contributed by atoms with Crippen LogP contribution in [0.15, 0.2) is 11.1 Å². The van der Waals surface area contributed by atoms with Crippen molar-refractivity contribution in [2.24, 2.45) is 62.6 Å². The third-order valence-corrected chi connectivity index (χ3v) is 17.1. The average molecular weight is 749 g/mol. The first kappa shape index (κ1) is 40.0. The van der Waals surface area contributed by atoms with Crippen LogP contribution in [0.1, 0.15) is 152 Å². The lowest BCUT2D eigenvalue weighted by atomic mass is 9.36. The monoisotopic (exact) mass is 749 g/mol. The van der Waals surface area contributed by atoms with Crippen LogP contribution in [0.2, 0.25) is 0 Å². The highest BCUT2D eigenvalue weighted by molar-refractivity contribution is 6.00. The Hall–Kier alpha value is -2.22. The molecule has 0 aromatic carbocycles. The molecule has 8 atom stereocenters. The zero-order valence-corrected chi connectivity index (χ0v) is 35.1. The number of Topliss-reactive ketones (excluding diaryl/α,β-unsaturated/α-hetero) is 1. The second kappa shape index (κ2) is 14.3. The molecule has 302 valence electrons. The molecule has 8 nitrogen and oxygen atoms in total. The van der Waals surface area contributed by atoms with Crippen molar-refractivity contribution in [1.82, 2.24) is 9.80 Å². The van der Waals surface area contributed by atoms with Gasteiger partial charge in [0.2, 0.25) is 5.91 Å². The summed E-state index contributed by atoms with van der Waals surface area (Å²) < 4.78 is 6.18. The maximum absolute atomic E-state index is 14.1. The van der Waals surface area contributed by atoms with Gasteiger partial charge in [-0.3, -0.25) is 24.1 Å². The van der Waals surface area contributed by atoms with Crippen LogP contribution in [0.5, 0.6) is 0 Å². The van der Waals surface area contributed by atoms with Gasteiger partial charge in [0.05, 0.1) is 18.4 Å². The Morgan fingerprint density at radius 2 is 1.59 bits per heavy atom. The summed E-state index contributed by atoms with van der Waals surface area (Å²) in [4.78, 5) is 57.3. The van der Waals surface area contributed by atoms with Crippen molar-refractivity contribution in [2.45, 2.75) is 158 Å². The molecule has 0 bridgehead atoms. The molecule has 0 radical (unpaired) electrons. The number of esters is 1. The smallest absolute Gasteiger partial charge is 0.309 e. The number of amides is 1. The van der Waals surface area contributed by atoms with E-state index in [2.05, 4.69) is 51.3 Å². The molecule has 0 spiro atoms. The number of hydrogen-bond acceptors (Lipinski definition) is 6. The fourth-order valence-corrected chi connectivity index (χ4v) is 14.1. The first-order chi connectivity index (χ1) is 25.3.